The molecule has 1 amide bonds. The quantitative estimate of drug-likeness (QED) is 0.856. The summed E-state index contributed by atoms with van der Waals surface area (Å²) >= 11 is 12.7. The smallest absolute Gasteiger partial charge is 0.269 e. The molecule has 0 saturated heterocycles. The summed E-state index contributed by atoms with van der Waals surface area (Å²) in [6, 6.07) is 3.18. The zero-order valence-corrected chi connectivity index (χ0v) is 10.1. The van der Waals surface area contributed by atoms with Gasteiger partial charge in [-0.05, 0) is 17.5 Å². The number of thiophene rings is 1. The van der Waals surface area contributed by atoms with Crippen molar-refractivity contribution in [3.63, 3.8) is 0 Å². The third-order valence-electron chi connectivity index (χ3n) is 1.67. The number of nitrogens with one attached hydrogen (secondary N) is 1. The predicted molar refractivity (Wildman–Crippen MR) is 64.3 cm³/mol. The van der Waals surface area contributed by atoms with E-state index in [4.69, 9.17) is 23.2 Å². The lowest BCUT2D eigenvalue weighted by molar-refractivity contribution is 0.103. The van der Waals surface area contributed by atoms with E-state index in [0.717, 1.165) is 0 Å². The first-order chi connectivity index (χ1) is 7.66. The minimum absolute atomic E-state index is 0.155. The predicted octanol–water partition coefficient (Wildman–Crippen LogP) is 3.10. The highest BCUT2D eigenvalue weighted by molar-refractivity contribution is 7.12. The average molecular weight is 274 g/mol. The minimum Gasteiger partial charge on any atom is -0.290 e. The van der Waals surface area contributed by atoms with Crippen LogP contribution in [0.3, 0.4) is 0 Å². The molecule has 0 aliphatic carbocycles. The number of halogens is 2. The van der Waals surface area contributed by atoms with Gasteiger partial charge >= 0.3 is 0 Å². The Hall–Kier alpha value is -1.17. The first-order valence-corrected chi connectivity index (χ1v) is 5.83. The van der Waals surface area contributed by atoms with E-state index in [1.807, 2.05) is 0 Å². The maximum atomic E-state index is 11.7. The molecule has 2 rings (SSSR count). The number of anilines is 1. The van der Waals surface area contributed by atoms with Gasteiger partial charge in [0.25, 0.3) is 5.91 Å². The van der Waals surface area contributed by atoms with Gasteiger partial charge in [-0.2, -0.15) is 0 Å². The highest BCUT2D eigenvalue weighted by atomic mass is 35.5. The molecule has 2 aromatic heterocycles. The lowest BCUT2D eigenvalue weighted by Gasteiger charge is -2.01. The third kappa shape index (κ3) is 2.49. The van der Waals surface area contributed by atoms with E-state index >= 15 is 0 Å². The molecule has 0 saturated carbocycles. The number of rotatable bonds is 2. The molecule has 0 radical (unpaired) electrons. The molecule has 2 heterocycles. The van der Waals surface area contributed by atoms with Crippen molar-refractivity contribution in [3.8, 4) is 0 Å². The number of hydrogen-bond donors (Lipinski definition) is 1. The molecule has 0 fully saturated rings. The number of carbonyl (C=O) groups excluding carboxylic acids is 1. The minimum atomic E-state index is -0.345. The van der Waals surface area contributed by atoms with Crippen molar-refractivity contribution >= 4 is 46.4 Å². The largest absolute Gasteiger partial charge is 0.290 e. The highest BCUT2D eigenvalue weighted by Crippen LogP contribution is 2.22. The molecular weight excluding hydrogens is 269 g/mol. The van der Waals surface area contributed by atoms with Crippen LogP contribution in [0.2, 0.25) is 10.2 Å². The second-order valence-electron chi connectivity index (χ2n) is 2.75. The first-order valence-electron chi connectivity index (χ1n) is 4.19. The van der Waals surface area contributed by atoms with Crippen LogP contribution in [0.25, 0.3) is 0 Å². The van der Waals surface area contributed by atoms with E-state index in [1.54, 1.807) is 11.4 Å². The molecule has 4 nitrogen and oxygen atoms in total. The fourth-order valence-electron chi connectivity index (χ4n) is 1.01. The Balaban J connectivity index is 2.17. The summed E-state index contributed by atoms with van der Waals surface area (Å²) in [5.41, 5.74) is 0. The van der Waals surface area contributed by atoms with Crippen LogP contribution in [0.1, 0.15) is 9.67 Å². The van der Waals surface area contributed by atoms with E-state index in [-0.39, 0.29) is 17.0 Å². The highest BCUT2D eigenvalue weighted by Gasteiger charge is 2.13. The van der Waals surface area contributed by atoms with Gasteiger partial charge in [0.1, 0.15) is 10.0 Å². The van der Waals surface area contributed by atoms with Crippen LogP contribution in [-0.2, 0) is 0 Å². The van der Waals surface area contributed by atoms with Crippen LogP contribution in [-0.4, -0.2) is 15.9 Å². The molecule has 0 atom stereocenters. The van der Waals surface area contributed by atoms with E-state index < -0.39 is 0 Å². The van der Waals surface area contributed by atoms with Crippen LogP contribution in [0.5, 0.6) is 0 Å². The van der Waals surface area contributed by atoms with Crippen molar-refractivity contribution in [2.24, 2.45) is 0 Å². The van der Waals surface area contributed by atoms with Gasteiger partial charge in [0.2, 0.25) is 5.95 Å². The van der Waals surface area contributed by atoms with E-state index in [9.17, 15) is 4.79 Å². The van der Waals surface area contributed by atoms with Crippen molar-refractivity contribution in [2.75, 3.05) is 5.32 Å². The van der Waals surface area contributed by atoms with E-state index in [1.165, 1.54) is 23.6 Å². The molecule has 82 valence electrons. The summed E-state index contributed by atoms with van der Waals surface area (Å²) in [5, 5.41) is 4.91. The Morgan fingerprint density at radius 1 is 1.38 bits per heavy atom. The van der Waals surface area contributed by atoms with Crippen molar-refractivity contribution in [1.29, 1.82) is 0 Å². The van der Waals surface area contributed by atoms with Gasteiger partial charge in [-0.25, -0.2) is 9.97 Å². The molecule has 7 heteroatoms. The standard InChI is InChI=1S/C9H5Cl2N3OS/c10-5-2-4-16-7(5)8(15)14-9-12-3-1-6(11)13-9/h1-4H,(H,12,13,14,15). The lowest BCUT2D eigenvalue weighted by atomic mass is 10.4. The van der Waals surface area contributed by atoms with E-state index in [2.05, 4.69) is 15.3 Å². The molecule has 16 heavy (non-hydrogen) atoms. The molecule has 0 unspecified atom stereocenters. The van der Waals surface area contributed by atoms with Crippen LogP contribution in [0.15, 0.2) is 23.7 Å². The summed E-state index contributed by atoms with van der Waals surface area (Å²) < 4.78 is 0. The normalized spacial score (nSPS) is 10.1. The molecule has 1 N–H and O–H groups in total. The maximum Gasteiger partial charge on any atom is 0.269 e. The molecule has 0 aliphatic rings. The monoisotopic (exact) mass is 273 g/mol. The first kappa shape index (κ1) is 11.3. The Labute approximate surface area is 105 Å². The van der Waals surface area contributed by atoms with Crippen LogP contribution in [0.4, 0.5) is 5.95 Å². The number of carbonyl (C=O) groups is 1. The van der Waals surface area contributed by atoms with Crippen LogP contribution in [0, 0.1) is 0 Å². The fourth-order valence-corrected chi connectivity index (χ4v) is 2.18. The SMILES string of the molecule is O=C(Nc1nccc(Cl)n1)c1sccc1Cl. The van der Waals surface area contributed by atoms with Gasteiger partial charge < -0.3 is 0 Å². The lowest BCUT2D eigenvalue weighted by Crippen LogP contribution is -2.13. The van der Waals surface area contributed by atoms with Crippen LogP contribution < -0.4 is 5.32 Å². The Morgan fingerprint density at radius 2 is 2.19 bits per heavy atom. The Morgan fingerprint density at radius 3 is 2.81 bits per heavy atom. The zero-order valence-electron chi connectivity index (χ0n) is 7.78. The maximum absolute atomic E-state index is 11.7. The summed E-state index contributed by atoms with van der Waals surface area (Å²) in [6.07, 6.45) is 1.46. The van der Waals surface area contributed by atoms with Gasteiger partial charge in [0.05, 0.1) is 5.02 Å². The molecule has 0 aliphatic heterocycles. The fraction of sp³-hybridized carbons (Fsp3) is 0. The summed E-state index contributed by atoms with van der Waals surface area (Å²) in [5.74, 6) is -0.191. The van der Waals surface area contributed by atoms with Gasteiger partial charge in [-0.1, -0.05) is 23.2 Å². The number of nitrogens with zero attached hydrogens (tertiary/aromatic N) is 2. The van der Waals surface area contributed by atoms with Gasteiger partial charge in [-0.15, -0.1) is 11.3 Å². The zero-order chi connectivity index (χ0) is 11.5. The number of hydrogen-bond acceptors (Lipinski definition) is 4. The van der Waals surface area contributed by atoms with Gasteiger partial charge in [-0.3, -0.25) is 10.1 Å². The van der Waals surface area contributed by atoms with Crippen molar-refractivity contribution < 1.29 is 4.79 Å². The van der Waals surface area contributed by atoms with Crippen LogP contribution >= 0.6 is 34.5 Å². The number of aromatic nitrogens is 2. The third-order valence-corrected chi connectivity index (χ3v) is 3.22. The molecule has 0 bridgehead atoms. The van der Waals surface area contributed by atoms with Crippen molar-refractivity contribution in [2.45, 2.75) is 0 Å². The molecular formula is C9H5Cl2N3OS. The second kappa shape index (κ2) is 4.78. The molecule has 0 aromatic carbocycles. The Bertz CT molecular complexity index is 529. The molecule has 0 spiro atoms. The average Bonchev–Trinajstić information content (AvgIpc) is 2.64. The number of amides is 1. The van der Waals surface area contributed by atoms with Gasteiger partial charge in [0, 0.05) is 6.20 Å². The summed E-state index contributed by atoms with van der Waals surface area (Å²) in [6.45, 7) is 0. The Kier molecular flexibility index (Phi) is 3.38. The second-order valence-corrected chi connectivity index (χ2v) is 4.47. The summed E-state index contributed by atoms with van der Waals surface area (Å²) in [4.78, 5) is 19.8. The van der Waals surface area contributed by atoms with Gasteiger partial charge in [0.15, 0.2) is 0 Å². The van der Waals surface area contributed by atoms with Crippen molar-refractivity contribution in [1.82, 2.24) is 9.97 Å². The van der Waals surface area contributed by atoms with Crippen molar-refractivity contribution in [3.05, 3.63) is 38.8 Å². The summed E-state index contributed by atoms with van der Waals surface area (Å²) in [7, 11) is 0. The topological polar surface area (TPSA) is 54.9 Å². The molecule has 2 aromatic rings. The van der Waals surface area contributed by atoms with E-state index in [0.29, 0.717) is 9.90 Å².